The first kappa shape index (κ1) is 14.0. The molecule has 0 radical (unpaired) electrons. The van der Waals surface area contributed by atoms with Crippen LogP contribution in [0.15, 0.2) is 42.5 Å². The molecule has 1 atom stereocenters. The summed E-state index contributed by atoms with van der Waals surface area (Å²) in [7, 11) is 0. The first-order chi connectivity index (χ1) is 9.11. The molecule has 0 bridgehead atoms. The number of halogens is 2. The lowest BCUT2D eigenvalue weighted by molar-refractivity contribution is 0.598. The van der Waals surface area contributed by atoms with Crippen LogP contribution in [0.4, 0.5) is 4.39 Å². The van der Waals surface area contributed by atoms with Crippen LogP contribution in [0, 0.1) is 5.82 Å². The minimum absolute atomic E-state index is 0.282. The van der Waals surface area contributed by atoms with E-state index in [-0.39, 0.29) is 11.9 Å². The molecule has 100 valence electrons. The van der Waals surface area contributed by atoms with Crippen molar-refractivity contribution in [1.29, 1.82) is 0 Å². The van der Waals surface area contributed by atoms with Gasteiger partial charge >= 0.3 is 0 Å². The van der Waals surface area contributed by atoms with Crippen LogP contribution in [-0.2, 0) is 0 Å². The number of hydrogen-bond acceptors (Lipinski definition) is 1. The van der Waals surface area contributed by atoms with Gasteiger partial charge in [-0.2, -0.15) is 0 Å². The summed E-state index contributed by atoms with van der Waals surface area (Å²) < 4.78 is 13.1. The Labute approximate surface area is 118 Å². The fourth-order valence-corrected chi connectivity index (χ4v) is 2.40. The van der Waals surface area contributed by atoms with E-state index in [1.165, 1.54) is 17.7 Å². The molecule has 2 aromatic carbocycles. The molecule has 19 heavy (non-hydrogen) atoms. The van der Waals surface area contributed by atoms with Gasteiger partial charge < -0.3 is 5.32 Å². The zero-order valence-electron chi connectivity index (χ0n) is 11.1. The van der Waals surface area contributed by atoms with Gasteiger partial charge in [-0.05, 0) is 48.9 Å². The van der Waals surface area contributed by atoms with Crippen LogP contribution >= 0.6 is 11.6 Å². The van der Waals surface area contributed by atoms with Gasteiger partial charge in [0.2, 0.25) is 0 Å². The summed E-state index contributed by atoms with van der Waals surface area (Å²) in [4.78, 5) is 0. The predicted molar refractivity (Wildman–Crippen MR) is 78.9 cm³/mol. The topological polar surface area (TPSA) is 12.0 Å². The molecule has 2 rings (SSSR count). The molecule has 0 aliphatic heterocycles. The van der Waals surface area contributed by atoms with E-state index in [0.29, 0.717) is 5.02 Å². The van der Waals surface area contributed by atoms with Gasteiger partial charge in [0, 0.05) is 11.6 Å². The van der Waals surface area contributed by atoms with E-state index in [1.807, 2.05) is 12.1 Å². The summed E-state index contributed by atoms with van der Waals surface area (Å²) in [5.74, 6) is -0.314. The van der Waals surface area contributed by atoms with Gasteiger partial charge in [-0.15, -0.1) is 0 Å². The third-order valence-corrected chi connectivity index (χ3v) is 3.45. The summed E-state index contributed by atoms with van der Waals surface area (Å²) in [6.07, 6.45) is 0. The van der Waals surface area contributed by atoms with E-state index in [0.717, 1.165) is 17.7 Å². The lowest BCUT2D eigenvalue weighted by Gasteiger charge is -2.14. The minimum Gasteiger partial charge on any atom is -0.310 e. The molecule has 0 aromatic heterocycles. The molecule has 3 heteroatoms. The molecule has 0 saturated heterocycles. The lowest BCUT2D eigenvalue weighted by atomic mass is 10.00. The van der Waals surface area contributed by atoms with Crippen LogP contribution in [0.1, 0.15) is 25.5 Å². The van der Waals surface area contributed by atoms with E-state index in [9.17, 15) is 4.39 Å². The Kier molecular flexibility index (Phi) is 4.56. The highest BCUT2D eigenvalue weighted by Crippen LogP contribution is 2.30. The molecular weight excluding hydrogens is 261 g/mol. The fourth-order valence-electron chi connectivity index (χ4n) is 2.12. The number of hydrogen-bond donors (Lipinski definition) is 1. The van der Waals surface area contributed by atoms with Crippen molar-refractivity contribution in [2.45, 2.75) is 19.9 Å². The van der Waals surface area contributed by atoms with E-state index in [4.69, 9.17) is 11.6 Å². The minimum atomic E-state index is -0.314. The molecule has 0 heterocycles. The summed E-state index contributed by atoms with van der Waals surface area (Å²) in [6.45, 7) is 5.12. The maximum atomic E-state index is 13.1. The van der Waals surface area contributed by atoms with Crippen LogP contribution in [0.25, 0.3) is 11.1 Å². The van der Waals surface area contributed by atoms with Gasteiger partial charge in [-0.1, -0.05) is 36.7 Å². The van der Waals surface area contributed by atoms with Crippen molar-refractivity contribution in [3.8, 4) is 11.1 Å². The van der Waals surface area contributed by atoms with E-state index in [1.54, 1.807) is 6.07 Å². The molecule has 2 aromatic rings. The summed E-state index contributed by atoms with van der Waals surface area (Å²) in [5, 5.41) is 3.81. The normalized spacial score (nSPS) is 12.4. The highest BCUT2D eigenvalue weighted by molar-refractivity contribution is 6.33. The smallest absolute Gasteiger partial charge is 0.124 e. The predicted octanol–water partition coefficient (Wildman–Crippen LogP) is 4.82. The van der Waals surface area contributed by atoms with Crippen molar-refractivity contribution < 1.29 is 4.39 Å². The average Bonchev–Trinajstić information content (AvgIpc) is 2.39. The lowest BCUT2D eigenvalue weighted by Crippen LogP contribution is -2.17. The molecule has 0 aliphatic carbocycles. The van der Waals surface area contributed by atoms with Crippen LogP contribution in [0.3, 0.4) is 0 Å². The Morgan fingerprint density at radius 1 is 1.21 bits per heavy atom. The number of benzene rings is 2. The third kappa shape index (κ3) is 3.34. The number of nitrogens with one attached hydrogen (secondary N) is 1. The van der Waals surface area contributed by atoms with Gasteiger partial charge in [0.15, 0.2) is 0 Å². The van der Waals surface area contributed by atoms with Crippen LogP contribution in [0.2, 0.25) is 5.02 Å². The zero-order chi connectivity index (χ0) is 13.8. The Hall–Kier alpha value is -1.38. The van der Waals surface area contributed by atoms with Crippen LogP contribution in [0.5, 0.6) is 0 Å². The van der Waals surface area contributed by atoms with Crippen molar-refractivity contribution >= 4 is 11.6 Å². The van der Waals surface area contributed by atoms with Crippen molar-refractivity contribution in [1.82, 2.24) is 5.32 Å². The Bertz CT molecular complexity index is 568. The Morgan fingerprint density at radius 2 is 2.00 bits per heavy atom. The summed E-state index contributed by atoms with van der Waals surface area (Å²) in [6, 6.07) is 12.9. The standard InChI is InChI=1S/C16H17ClFN/c1-3-19-11(2)12-5-4-6-13(9-12)15-8-7-14(18)10-16(15)17/h4-11,19H,3H2,1-2H3. The Morgan fingerprint density at radius 3 is 2.68 bits per heavy atom. The SMILES string of the molecule is CCNC(C)c1cccc(-c2ccc(F)cc2Cl)c1. The van der Waals surface area contributed by atoms with Crippen LogP contribution < -0.4 is 5.32 Å². The first-order valence-electron chi connectivity index (χ1n) is 6.40. The molecule has 1 nitrogen and oxygen atoms in total. The third-order valence-electron chi connectivity index (χ3n) is 3.14. The average molecular weight is 278 g/mol. The van der Waals surface area contributed by atoms with Gasteiger partial charge in [0.1, 0.15) is 5.82 Å². The summed E-state index contributed by atoms with van der Waals surface area (Å²) in [5.41, 5.74) is 3.06. The number of rotatable bonds is 4. The van der Waals surface area contributed by atoms with Crippen molar-refractivity contribution in [2.24, 2.45) is 0 Å². The van der Waals surface area contributed by atoms with Crippen LogP contribution in [-0.4, -0.2) is 6.54 Å². The Balaban J connectivity index is 2.37. The fraction of sp³-hybridized carbons (Fsp3) is 0.250. The van der Waals surface area contributed by atoms with E-state index < -0.39 is 0 Å². The second-order valence-corrected chi connectivity index (χ2v) is 4.94. The molecule has 0 spiro atoms. The second-order valence-electron chi connectivity index (χ2n) is 4.53. The molecule has 0 fully saturated rings. The van der Waals surface area contributed by atoms with Crippen molar-refractivity contribution in [3.63, 3.8) is 0 Å². The maximum Gasteiger partial charge on any atom is 0.124 e. The van der Waals surface area contributed by atoms with Gasteiger partial charge in [-0.3, -0.25) is 0 Å². The maximum absolute atomic E-state index is 13.1. The molecule has 0 amide bonds. The highest BCUT2D eigenvalue weighted by atomic mass is 35.5. The molecular formula is C16H17ClFN. The quantitative estimate of drug-likeness (QED) is 0.845. The van der Waals surface area contributed by atoms with Gasteiger partial charge in [-0.25, -0.2) is 4.39 Å². The molecule has 0 saturated carbocycles. The summed E-state index contributed by atoms with van der Waals surface area (Å²) >= 11 is 6.10. The second kappa shape index (κ2) is 6.18. The van der Waals surface area contributed by atoms with E-state index in [2.05, 4.69) is 31.3 Å². The highest BCUT2D eigenvalue weighted by Gasteiger charge is 2.08. The molecule has 1 N–H and O–H groups in total. The molecule has 0 aliphatic rings. The molecule has 1 unspecified atom stereocenters. The van der Waals surface area contributed by atoms with Gasteiger partial charge in [0.05, 0.1) is 5.02 Å². The van der Waals surface area contributed by atoms with Crippen molar-refractivity contribution in [2.75, 3.05) is 6.54 Å². The largest absolute Gasteiger partial charge is 0.310 e. The van der Waals surface area contributed by atoms with E-state index >= 15 is 0 Å². The van der Waals surface area contributed by atoms with Gasteiger partial charge in [0.25, 0.3) is 0 Å². The van der Waals surface area contributed by atoms with Crippen molar-refractivity contribution in [3.05, 3.63) is 58.9 Å². The zero-order valence-corrected chi connectivity index (χ0v) is 11.8. The monoisotopic (exact) mass is 277 g/mol. The first-order valence-corrected chi connectivity index (χ1v) is 6.78.